The second kappa shape index (κ2) is 6.08. The normalized spacial score (nSPS) is 9.85. The molecule has 0 bridgehead atoms. The summed E-state index contributed by atoms with van der Waals surface area (Å²) >= 11 is 5.74. The third-order valence-corrected chi connectivity index (χ3v) is 2.76. The second-order valence-electron chi connectivity index (χ2n) is 3.94. The zero-order valence-electron chi connectivity index (χ0n) is 10.3. The minimum Gasteiger partial charge on any atom is -0.507 e. The van der Waals surface area contributed by atoms with E-state index in [9.17, 15) is 14.7 Å². The summed E-state index contributed by atoms with van der Waals surface area (Å²) in [4.78, 5) is 23.5. The van der Waals surface area contributed by atoms with Crippen molar-refractivity contribution >= 4 is 23.4 Å². The molecule has 0 atom stereocenters. The molecule has 20 heavy (non-hydrogen) atoms. The number of carbonyl (C=O) groups excluding carboxylic acids is 2. The molecule has 0 fully saturated rings. The Balaban J connectivity index is 2.02. The van der Waals surface area contributed by atoms with Crippen LogP contribution in [-0.2, 0) is 0 Å². The van der Waals surface area contributed by atoms with Gasteiger partial charge >= 0.3 is 0 Å². The van der Waals surface area contributed by atoms with Crippen molar-refractivity contribution in [2.75, 3.05) is 0 Å². The van der Waals surface area contributed by atoms with E-state index in [2.05, 4.69) is 10.9 Å². The molecule has 2 aromatic carbocycles. The van der Waals surface area contributed by atoms with Crippen LogP contribution in [0.2, 0.25) is 5.02 Å². The molecule has 0 aromatic heterocycles. The third kappa shape index (κ3) is 3.27. The first-order valence-electron chi connectivity index (χ1n) is 5.72. The summed E-state index contributed by atoms with van der Waals surface area (Å²) in [6, 6.07) is 12.5. The summed E-state index contributed by atoms with van der Waals surface area (Å²) in [6.45, 7) is 0. The van der Waals surface area contributed by atoms with Crippen molar-refractivity contribution in [1.29, 1.82) is 0 Å². The Morgan fingerprint density at radius 1 is 0.950 bits per heavy atom. The number of carbonyl (C=O) groups is 2. The van der Waals surface area contributed by atoms with Gasteiger partial charge in [-0.05, 0) is 30.3 Å². The minimum atomic E-state index is -0.658. The van der Waals surface area contributed by atoms with E-state index in [0.29, 0.717) is 10.6 Å². The highest BCUT2D eigenvalue weighted by molar-refractivity contribution is 6.31. The van der Waals surface area contributed by atoms with E-state index in [1.807, 2.05) is 0 Å². The lowest BCUT2D eigenvalue weighted by molar-refractivity contribution is 0.0845. The molecule has 3 N–H and O–H groups in total. The fraction of sp³-hybridized carbons (Fsp3) is 0. The number of rotatable bonds is 2. The van der Waals surface area contributed by atoms with Crippen LogP contribution in [0.3, 0.4) is 0 Å². The lowest BCUT2D eigenvalue weighted by atomic mass is 10.2. The van der Waals surface area contributed by atoms with Gasteiger partial charge in [-0.2, -0.15) is 0 Å². The number of halogens is 1. The molecule has 0 saturated heterocycles. The molecule has 2 rings (SSSR count). The van der Waals surface area contributed by atoms with E-state index in [1.54, 1.807) is 30.3 Å². The van der Waals surface area contributed by atoms with Crippen molar-refractivity contribution in [1.82, 2.24) is 10.9 Å². The smallest absolute Gasteiger partial charge is 0.273 e. The molecule has 0 aliphatic carbocycles. The maximum Gasteiger partial charge on any atom is 0.273 e. The van der Waals surface area contributed by atoms with Crippen LogP contribution in [0.4, 0.5) is 0 Å². The average Bonchev–Trinajstić information content (AvgIpc) is 2.47. The van der Waals surface area contributed by atoms with Crippen LogP contribution in [-0.4, -0.2) is 16.9 Å². The first-order valence-corrected chi connectivity index (χ1v) is 6.10. The highest BCUT2D eigenvalue weighted by Crippen LogP contribution is 2.20. The van der Waals surface area contributed by atoms with Crippen LogP contribution in [0.25, 0.3) is 0 Å². The van der Waals surface area contributed by atoms with Gasteiger partial charge in [0.25, 0.3) is 11.8 Å². The number of benzene rings is 2. The lowest BCUT2D eigenvalue weighted by Crippen LogP contribution is -2.41. The molecular formula is C14H11ClN2O3. The molecule has 0 heterocycles. The number of aromatic hydroxyl groups is 1. The van der Waals surface area contributed by atoms with Crippen LogP contribution >= 0.6 is 11.6 Å². The van der Waals surface area contributed by atoms with Gasteiger partial charge in [-0.3, -0.25) is 20.4 Å². The second-order valence-corrected chi connectivity index (χ2v) is 4.37. The molecule has 0 radical (unpaired) electrons. The van der Waals surface area contributed by atoms with Crippen LogP contribution in [0.15, 0.2) is 48.5 Å². The summed E-state index contributed by atoms with van der Waals surface area (Å²) in [5, 5.41) is 9.86. The highest BCUT2D eigenvalue weighted by atomic mass is 35.5. The summed E-state index contributed by atoms with van der Waals surface area (Å²) in [7, 11) is 0. The molecule has 0 spiro atoms. The number of phenols is 1. The summed E-state index contributed by atoms with van der Waals surface area (Å²) in [5.41, 5.74) is 4.84. The van der Waals surface area contributed by atoms with Gasteiger partial charge in [0.2, 0.25) is 0 Å². The molecule has 0 aliphatic rings. The molecule has 0 saturated carbocycles. The van der Waals surface area contributed by atoms with Crippen molar-refractivity contribution in [3.63, 3.8) is 0 Å². The highest BCUT2D eigenvalue weighted by Gasteiger charge is 2.13. The van der Waals surface area contributed by atoms with Gasteiger partial charge in [-0.1, -0.05) is 29.8 Å². The van der Waals surface area contributed by atoms with E-state index >= 15 is 0 Å². The predicted octanol–water partition coefficient (Wildman–Crippen LogP) is 2.12. The Labute approximate surface area is 120 Å². The van der Waals surface area contributed by atoms with E-state index in [1.165, 1.54) is 18.2 Å². The fourth-order valence-electron chi connectivity index (χ4n) is 1.53. The van der Waals surface area contributed by atoms with Crippen molar-refractivity contribution in [2.45, 2.75) is 0 Å². The van der Waals surface area contributed by atoms with Crippen molar-refractivity contribution < 1.29 is 14.7 Å². The molecule has 2 aromatic rings. The molecule has 102 valence electrons. The maximum absolute atomic E-state index is 11.8. The van der Waals surface area contributed by atoms with Gasteiger partial charge in [0, 0.05) is 10.6 Å². The van der Waals surface area contributed by atoms with Gasteiger partial charge in [-0.25, -0.2) is 0 Å². The first-order chi connectivity index (χ1) is 9.58. The average molecular weight is 291 g/mol. The Hall–Kier alpha value is -2.53. The molecule has 0 aliphatic heterocycles. The number of nitrogens with one attached hydrogen (secondary N) is 2. The summed E-state index contributed by atoms with van der Waals surface area (Å²) in [6.07, 6.45) is 0. The predicted molar refractivity (Wildman–Crippen MR) is 74.5 cm³/mol. The Bertz CT molecular complexity index is 644. The van der Waals surface area contributed by atoms with E-state index in [4.69, 9.17) is 11.6 Å². The van der Waals surface area contributed by atoms with Crippen LogP contribution in [0, 0.1) is 0 Å². The molecule has 6 heteroatoms. The number of hydrogen-bond donors (Lipinski definition) is 3. The van der Waals surface area contributed by atoms with Crippen molar-refractivity contribution in [3.8, 4) is 5.75 Å². The van der Waals surface area contributed by atoms with E-state index in [-0.39, 0.29) is 11.3 Å². The SMILES string of the molecule is O=C(NNC(=O)c1cc(Cl)ccc1O)c1ccccc1. The number of phenolic OH excluding ortho intramolecular Hbond substituents is 1. The monoisotopic (exact) mass is 290 g/mol. The van der Waals surface area contributed by atoms with Gasteiger partial charge in [0.05, 0.1) is 5.56 Å². The number of hydrogen-bond acceptors (Lipinski definition) is 3. The van der Waals surface area contributed by atoms with Crippen LogP contribution < -0.4 is 10.9 Å². The topological polar surface area (TPSA) is 78.4 Å². The van der Waals surface area contributed by atoms with Crippen LogP contribution in [0.5, 0.6) is 5.75 Å². The fourth-order valence-corrected chi connectivity index (χ4v) is 1.70. The Morgan fingerprint density at radius 2 is 1.60 bits per heavy atom. The molecular weight excluding hydrogens is 280 g/mol. The molecule has 0 unspecified atom stereocenters. The third-order valence-electron chi connectivity index (χ3n) is 2.53. The van der Waals surface area contributed by atoms with E-state index in [0.717, 1.165) is 0 Å². The lowest BCUT2D eigenvalue weighted by Gasteiger charge is -2.08. The first kappa shape index (κ1) is 13.9. The Morgan fingerprint density at radius 3 is 2.30 bits per heavy atom. The number of hydrazine groups is 1. The summed E-state index contributed by atoms with van der Waals surface area (Å²) in [5.74, 6) is -1.34. The quantitative estimate of drug-likeness (QED) is 0.741. The Kier molecular flexibility index (Phi) is 4.22. The zero-order chi connectivity index (χ0) is 14.5. The maximum atomic E-state index is 11.8. The van der Waals surface area contributed by atoms with Crippen molar-refractivity contribution in [3.05, 3.63) is 64.7 Å². The molecule has 2 amide bonds. The van der Waals surface area contributed by atoms with Gasteiger partial charge in [0.1, 0.15) is 5.75 Å². The van der Waals surface area contributed by atoms with Gasteiger partial charge in [-0.15, -0.1) is 0 Å². The van der Waals surface area contributed by atoms with Crippen LogP contribution in [0.1, 0.15) is 20.7 Å². The van der Waals surface area contributed by atoms with Gasteiger partial charge < -0.3 is 5.11 Å². The largest absolute Gasteiger partial charge is 0.507 e. The standard InChI is InChI=1S/C14H11ClN2O3/c15-10-6-7-12(18)11(8-10)14(20)17-16-13(19)9-4-2-1-3-5-9/h1-8,18H,(H,16,19)(H,17,20). The number of amides is 2. The summed E-state index contributed by atoms with van der Waals surface area (Å²) < 4.78 is 0. The van der Waals surface area contributed by atoms with Crippen molar-refractivity contribution in [2.24, 2.45) is 0 Å². The zero-order valence-corrected chi connectivity index (χ0v) is 11.0. The molecule has 5 nitrogen and oxygen atoms in total. The van der Waals surface area contributed by atoms with E-state index < -0.39 is 11.8 Å². The minimum absolute atomic E-state index is 0.0224. The van der Waals surface area contributed by atoms with Gasteiger partial charge in [0.15, 0.2) is 0 Å².